The summed E-state index contributed by atoms with van der Waals surface area (Å²) < 4.78 is 26.3. The van der Waals surface area contributed by atoms with Crippen LogP contribution in [0.4, 0.5) is 0 Å². The molecule has 6 nitrogen and oxygen atoms in total. The first kappa shape index (κ1) is 19.6. The van der Waals surface area contributed by atoms with Crippen molar-refractivity contribution >= 4 is 33.0 Å². The molecule has 0 bridgehead atoms. The summed E-state index contributed by atoms with van der Waals surface area (Å²) in [5.41, 5.74) is 0.580. The Hall–Kier alpha value is -2.19. The summed E-state index contributed by atoms with van der Waals surface area (Å²) in [4.78, 5) is 26.1. The van der Waals surface area contributed by atoms with E-state index >= 15 is 0 Å². The molecule has 0 spiro atoms. The maximum absolute atomic E-state index is 13.0. The van der Waals surface area contributed by atoms with Gasteiger partial charge in [-0.15, -0.1) is 11.3 Å². The zero-order chi connectivity index (χ0) is 19.3. The second-order valence-corrected chi connectivity index (χ2v) is 9.74. The smallest absolute Gasteiger partial charge is 0.311 e. The molecule has 2 heterocycles. The van der Waals surface area contributed by atoms with Crippen molar-refractivity contribution in [2.45, 2.75) is 28.7 Å². The Balaban J connectivity index is 1.76. The molecule has 2 aromatic rings. The molecule has 0 aliphatic carbocycles. The van der Waals surface area contributed by atoms with Crippen molar-refractivity contribution in [2.75, 3.05) is 19.6 Å². The lowest BCUT2D eigenvalue weighted by atomic mass is 10.1. The number of piperidine rings is 1. The van der Waals surface area contributed by atoms with Gasteiger partial charge in [0.2, 0.25) is 0 Å². The number of nitrogens with one attached hydrogen (secondary N) is 1. The largest absolute Gasteiger partial charge is 0.346 e. The van der Waals surface area contributed by atoms with Crippen LogP contribution in [0.5, 0.6) is 0 Å². The van der Waals surface area contributed by atoms with Gasteiger partial charge in [0.15, 0.2) is 9.84 Å². The van der Waals surface area contributed by atoms with Crippen LogP contribution < -0.4 is 5.32 Å². The number of hydrogen-bond donors (Lipinski definition) is 1. The van der Waals surface area contributed by atoms with Gasteiger partial charge in [-0.1, -0.05) is 36.4 Å². The SMILES string of the molecule is O=C(NC[C@@H](c1ccccc1)S(=O)(=O)c1cccs1)C(=O)N1CCCCC1. The van der Waals surface area contributed by atoms with Crippen LogP contribution in [-0.4, -0.2) is 44.8 Å². The fraction of sp³-hybridized carbons (Fsp3) is 0.368. The average molecular weight is 407 g/mol. The highest BCUT2D eigenvalue weighted by molar-refractivity contribution is 7.93. The van der Waals surface area contributed by atoms with E-state index in [0.717, 1.165) is 30.6 Å². The van der Waals surface area contributed by atoms with Crippen LogP contribution in [0.15, 0.2) is 52.1 Å². The van der Waals surface area contributed by atoms with Crippen LogP contribution >= 0.6 is 11.3 Å². The van der Waals surface area contributed by atoms with E-state index in [2.05, 4.69) is 5.32 Å². The zero-order valence-corrected chi connectivity index (χ0v) is 16.5. The molecule has 1 N–H and O–H groups in total. The maximum atomic E-state index is 13.0. The van der Waals surface area contributed by atoms with Gasteiger partial charge in [-0.2, -0.15) is 0 Å². The van der Waals surface area contributed by atoms with Gasteiger partial charge >= 0.3 is 11.8 Å². The predicted octanol–water partition coefficient (Wildman–Crippen LogP) is 2.39. The predicted molar refractivity (Wildman–Crippen MR) is 104 cm³/mol. The molecule has 2 amide bonds. The third-order valence-electron chi connectivity index (χ3n) is 4.61. The average Bonchev–Trinajstić information content (AvgIpc) is 3.24. The van der Waals surface area contributed by atoms with Gasteiger partial charge in [0.25, 0.3) is 0 Å². The summed E-state index contributed by atoms with van der Waals surface area (Å²) in [6, 6.07) is 12.0. The minimum atomic E-state index is -3.68. The van der Waals surface area contributed by atoms with Crippen molar-refractivity contribution in [1.29, 1.82) is 0 Å². The first-order valence-electron chi connectivity index (χ1n) is 8.89. The normalized spacial score (nSPS) is 15.9. The summed E-state index contributed by atoms with van der Waals surface area (Å²) >= 11 is 1.14. The molecular formula is C19H22N2O4S2. The number of carbonyl (C=O) groups is 2. The first-order valence-corrected chi connectivity index (χ1v) is 11.3. The van der Waals surface area contributed by atoms with Crippen LogP contribution in [0.25, 0.3) is 0 Å². The van der Waals surface area contributed by atoms with E-state index in [-0.39, 0.29) is 10.8 Å². The lowest BCUT2D eigenvalue weighted by molar-refractivity contribution is -0.146. The number of carbonyl (C=O) groups excluding carboxylic acids is 2. The minimum absolute atomic E-state index is 0.150. The van der Waals surface area contributed by atoms with Crippen molar-refractivity contribution in [2.24, 2.45) is 0 Å². The highest BCUT2D eigenvalue weighted by atomic mass is 32.2. The fourth-order valence-corrected chi connectivity index (χ4v) is 6.01. The zero-order valence-electron chi connectivity index (χ0n) is 14.8. The molecule has 27 heavy (non-hydrogen) atoms. The van der Waals surface area contributed by atoms with E-state index in [0.29, 0.717) is 18.7 Å². The number of amides is 2. The molecule has 1 aliphatic heterocycles. The molecule has 1 aromatic carbocycles. The molecule has 1 atom stereocenters. The Morgan fingerprint density at radius 2 is 1.74 bits per heavy atom. The number of hydrogen-bond acceptors (Lipinski definition) is 5. The number of thiophene rings is 1. The number of sulfone groups is 1. The number of rotatable bonds is 5. The summed E-state index contributed by atoms with van der Waals surface area (Å²) in [5, 5.41) is 3.29. The minimum Gasteiger partial charge on any atom is -0.346 e. The molecule has 0 saturated carbocycles. The van der Waals surface area contributed by atoms with Crippen molar-refractivity contribution in [3.63, 3.8) is 0 Å². The second-order valence-electron chi connectivity index (χ2n) is 6.44. The van der Waals surface area contributed by atoms with Crippen LogP contribution in [0.1, 0.15) is 30.1 Å². The molecule has 144 valence electrons. The van der Waals surface area contributed by atoms with Gasteiger partial charge in [-0.3, -0.25) is 9.59 Å². The van der Waals surface area contributed by atoms with Gasteiger partial charge in [0.05, 0.1) is 0 Å². The van der Waals surface area contributed by atoms with Crippen molar-refractivity contribution in [3.8, 4) is 0 Å². The van der Waals surface area contributed by atoms with Crippen molar-refractivity contribution < 1.29 is 18.0 Å². The molecule has 0 unspecified atom stereocenters. The Morgan fingerprint density at radius 1 is 1.04 bits per heavy atom. The van der Waals surface area contributed by atoms with Gasteiger partial charge < -0.3 is 10.2 Å². The highest BCUT2D eigenvalue weighted by Gasteiger charge is 2.32. The van der Waals surface area contributed by atoms with Crippen LogP contribution in [0, 0.1) is 0 Å². The number of benzene rings is 1. The van der Waals surface area contributed by atoms with E-state index in [9.17, 15) is 18.0 Å². The van der Waals surface area contributed by atoms with Crippen molar-refractivity contribution in [3.05, 3.63) is 53.4 Å². The number of nitrogens with zero attached hydrogens (tertiary/aromatic N) is 1. The summed E-state index contributed by atoms with van der Waals surface area (Å²) in [7, 11) is -3.68. The lowest BCUT2D eigenvalue weighted by Gasteiger charge is -2.26. The molecule has 1 saturated heterocycles. The first-order chi connectivity index (χ1) is 13.0. The molecular weight excluding hydrogens is 384 g/mol. The van der Waals surface area contributed by atoms with Crippen LogP contribution in [0.3, 0.4) is 0 Å². The van der Waals surface area contributed by atoms with Gasteiger partial charge in [-0.25, -0.2) is 8.42 Å². The van der Waals surface area contributed by atoms with Gasteiger partial charge in [0.1, 0.15) is 9.46 Å². The number of likely N-dealkylation sites (tertiary alicyclic amines) is 1. The van der Waals surface area contributed by atoms with Gasteiger partial charge in [0, 0.05) is 19.6 Å². The molecule has 1 aliphatic rings. The molecule has 1 fully saturated rings. The molecule has 1 aromatic heterocycles. The van der Waals surface area contributed by atoms with E-state index in [1.54, 1.807) is 47.8 Å². The van der Waals surface area contributed by atoms with Crippen LogP contribution in [0.2, 0.25) is 0 Å². The van der Waals surface area contributed by atoms with E-state index < -0.39 is 26.9 Å². The maximum Gasteiger partial charge on any atom is 0.311 e. The highest BCUT2D eigenvalue weighted by Crippen LogP contribution is 2.31. The lowest BCUT2D eigenvalue weighted by Crippen LogP contribution is -2.46. The third kappa shape index (κ3) is 4.56. The Kier molecular flexibility index (Phi) is 6.28. The van der Waals surface area contributed by atoms with Crippen LogP contribution in [-0.2, 0) is 19.4 Å². The van der Waals surface area contributed by atoms with E-state index in [4.69, 9.17) is 0 Å². The molecule has 0 radical (unpaired) electrons. The standard InChI is InChI=1S/C19H22N2O4S2/c22-18(19(23)21-11-5-2-6-12-21)20-14-16(15-8-3-1-4-9-15)27(24,25)17-10-7-13-26-17/h1,3-4,7-10,13,16H,2,5-6,11-12,14H2,(H,20,22)/t16-/m0/s1. The topological polar surface area (TPSA) is 83.5 Å². The third-order valence-corrected chi connectivity index (χ3v) is 8.14. The Morgan fingerprint density at radius 3 is 2.37 bits per heavy atom. The Labute approximate surface area is 163 Å². The van der Waals surface area contributed by atoms with Crippen molar-refractivity contribution in [1.82, 2.24) is 10.2 Å². The molecule has 8 heteroatoms. The second kappa shape index (κ2) is 8.67. The van der Waals surface area contributed by atoms with Gasteiger partial charge in [-0.05, 0) is 36.3 Å². The molecule has 3 rings (SSSR count). The van der Waals surface area contributed by atoms with E-state index in [1.165, 1.54) is 4.90 Å². The quantitative estimate of drug-likeness (QED) is 0.773. The summed E-state index contributed by atoms with van der Waals surface area (Å²) in [6.45, 7) is 0.992. The van der Waals surface area contributed by atoms with E-state index in [1.807, 2.05) is 0 Å². The monoisotopic (exact) mass is 406 g/mol. The summed E-state index contributed by atoms with van der Waals surface area (Å²) in [5.74, 6) is -1.34. The summed E-state index contributed by atoms with van der Waals surface area (Å²) in [6.07, 6.45) is 2.83. The fourth-order valence-electron chi connectivity index (χ4n) is 3.14. The Bertz CT molecular complexity index is 874.